The van der Waals surface area contributed by atoms with Crippen LogP contribution in [0.3, 0.4) is 0 Å². The maximum Gasteiger partial charge on any atom is 0.253 e. The van der Waals surface area contributed by atoms with Gasteiger partial charge in [-0.05, 0) is 47.9 Å². The molecule has 0 bridgehead atoms. The molecule has 2 aromatic carbocycles. The summed E-state index contributed by atoms with van der Waals surface area (Å²) in [5.41, 5.74) is 2.57. The quantitative estimate of drug-likeness (QED) is 0.877. The van der Waals surface area contributed by atoms with Gasteiger partial charge in [0.1, 0.15) is 0 Å². The van der Waals surface area contributed by atoms with Gasteiger partial charge in [-0.15, -0.1) is 0 Å². The van der Waals surface area contributed by atoms with Crippen LogP contribution in [0.2, 0.25) is 0 Å². The fourth-order valence-corrected chi connectivity index (χ4v) is 4.43. The average molecular weight is 387 g/mol. The molecule has 144 valence electrons. The molecule has 6 heteroatoms. The van der Waals surface area contributed by atoms with Gasteiger partial charge in [-0.1, -0.05) is 49.4 Å². The van der Waals surface area contributed by atoms with E-state index in [1.165, 1.54) is 5.56 Å². The molecule has 1 heterocycles. The molecule has 1 aliphatic heterocycles. The number of hydrogen-bond acceptors (Lipinski definition) is 3. The van der Waals surface area contributed by atoms with Crippen molar-refractivity contribution < 1.29 is 13.2 Å². The summed E-state index contributed by atoms with van der Waals surface area (Å²) in [6.45, 7) is 3.72. The van der Waals surface area contributed by atoms with Gasteiger partial charge in [-0.2, -0.15) is 0 Å². The second kappa shape index (κ2) is 7.82. The fourth-order valence-electron chi connectivity index (χ4n) is 3.77. The molecule has 1 unspecified atom stereocenters. The van der Waals surface area contributed by atoms with Gasteiger partial charge in [0.25, 0.3) is 5.91 Å². The van der Waals surface area contributed by atoms with Crippen molar-refractivity contribution in [3.05, 3.63) is 71.3 Å². The van der Waals surface area contributed by atoms with Crippen molar-refractivity contribution in [2.45, 2.75) is 37.4 Å². The van der Waals surface area contributed by atoms with Crippen LogP contribution in [0.1, 0.15) is 47.7 Å². The first kappa shape index (κ1) is 19.6. The third kappa shape index (κ3) is 4.96. The van der Waals surface area contributed by atoms with Crippen molar-refractivity contribution in [3.63, 3.8) is 0 Å². The lowest BCUT2D eigenvalue weighted by molar-refractivity contribution is 0.0759. The zero-order valence-corrected chi connectivity index (χ0v) is 16.4. The Kier molecular flexibility index (Phi) is 5.67. The molecule has 0 aromatic heterocycles. The number of hydrogen-bond donors (Lipinski definition) is 1. The van der Waals surface area contributed by atoms with Crippen LogP contribution in [-0.2, 0) is 21.2 Å². The number of amides is 1. The van der Waals surface area contributed by atoms with Crippen LogP contribution < -0.4 is 5.14 Å². The van der Waals surface area contributed by atoms with Crippen LogP contribution in [0.25, 0.3) is 0 Å². The van der Waals surface area contributed by atoms with Crippen LogP contribution >= 0.6 is 0 Å². The Bertz CT molecular complexity index is 895. The Hall–Kier alpha value is -2.18. The highest BCUT2D eigenvalue weighted by Gasteiger charge is 2.31. The van der Waals surface area contributed by atoms with E-state index in [2.05, 4.69) is 31.2 Å². The minimum absolute atomic E-state index is 0.00512. The molecule has 1 aliphatic rings. The van der Waals surface area contributed by atoms with Gasteiger partial charge in [-0.25, -0.2) is 13.6 Å². The van der Waals surface area contributed by atoms with Gasteiger partial charge in [0.15, 0.2) is 0 Å². The Balaban J connectivity index is 1.69. The van der Waals surface area contributed by atoms with E-state index in [0.717, 1.165) is 25.8 Å². The smallest absolute Gasteiger partial charge is 0.253 e. The van der Waals surface area contributed by atoms with E-state index in [0.29, 0.717) is 17.7 Å². The second-order valence-corrected chi connectivity index (χ2v) is 9.19. The fraction of sp³-hybridized carbons (Fsp3) is 0.381. The number of benzene rings is 2. The molecule has 3 rings (SSSR count). The molecule has 2 aromatic rings. The van der Waals surface area contributed by atoms with Crippen LogP contribution in [0.15, 0.2) is 54.6 Å². The van der Waals surface area contributed by atoms with Gasteiger partial charge in [-0.3, -0.25) is 4.79 Å². The summed E-state index contributed by atoms with van der Waals surface area (Å²) in [6, 6.07) is 17.2. The molecule has 0 spiro atoms. The molecule has 0 aliphatic carbocycles. The van der Waals surface area contributed by atoms with Crippen LogP contribution in [0, 0.1) is 0 Å². The number of primary sulfonamides is 1. The Morgan fingerprint density at radius 2 is 1.70 bits per heavy atom. The summed E-state index contributed by atoms with van der Waals surface area (Å²) in [7, 11) is -3.57. The van der Waals surface area contributed by atoms with E-state index in [1.54, 1.807) is 24.3 Å². The Morgan fingerprint density at radius 3 is 2.33 bits per heavy atom. The third-order valence-electron chi connectivity index (χ3n) is 5.42. The monoisotopic (exact) mass is 386 g/mol. The number of rotatable bonds is 4. The number of likely N-dealkylation sites (tertiary alicyclic amines) is 1. The van der Waals surface area contributed by atoms with Crippen LogP contribution in [0.5, 0.6) is 0 Å². The molecular weight excluding hydrogens is 360 g/mol. The molecule has 0 saturated carbocycles. The molecule has 2 N–H and O–H groups in total. The average Bonchev–Trinajstić information content (AvgIpc) is 2.84. The molecule has 1 saturated heterocycles. The van der Waals surface area contributed by atoms with Gasteiger partial charge in [0, 0.05) is 18.7 Å². The van der Waals surface area contributed by atoms with E-state index >= 15 is 0 Å². The van der Waals surface area contributed by atoms with Crippen molar-refractivity contribution in [2.24, 2.45) is 5.14 Å². The first-order valence-corrected chi connectivity index (χ1v) is 10.9. The van der Waals surface area contributed by atoms with Gasteiger partial charge in [0.05, 0.1) is 5.75 Å². The standard InChI is InChI=1S/C21H26N2O3S/c1-21(19-6-3-2-4-7-19)12-5-14-23(15-13-21)20(24)18-10-8-17(9-11-18)16-27(22,25)26/h2-4,6-11H,5,12-16H2,1H3,(H2,22,25,26). The van der Waals surface area contributed by atoms with Crippen molar-refractivity contribution in [3.8, 4) is 0 Å². The zero-order valence-electron chi connectivity index (χ0n) is 15.6. The zero-order chi connectivity index (χ0) is 19.5. The van der Waals surface area contributed by atoms with Crippen LogP contribution in [-0.4, -0.2) is 32.3 Å². The van der Waals surface area contributed by atoms with Gasteiger partial charge < -0.3 is 4.90 Å². The highest BCUT2D eigenvalue weighted by Crippen LogP contribution is 2.35. The molecular formula is C21H26N2O3S. The van der Waals surface area contributed by atoms with Crippen molar-refractivity contribution in [1.29, 1.82) is 0 Å². The maximum atomic E-state index is 12.9. The molecule has 1 amide bonds. The summed E-state index contributed by atoms with van der Waals surface area (Å²) in [6.07, 6.45) is 2.93. The molecule has 27 heavy (non-hydrogen) atoms. The summed E-state index contributed by atoms with van der Waals surface area (Å²) >= 11 is 0. The Morgan fingerprint density at radius 1 is 1.04 bits per heavy atom. The first-order chi connectivity index (χ1) is 12.8. The molecule has 1 atom stereocenters. The predicted molar refractivity (Wildman–Crippen MR) is 107 cm³/mol. The lowest BCUT2D eigenvalue weighted by atomic mass is 9.76. The molecule has 0 radical (unpaired) electrons. The highest BCUT2D eigenvalue weighted by atomic mass is 32.2. The van der Waals surface area contributed by atoms with Gasteiger partial charge in [0.2, 0.25) is 10.0 Å². The third-order valence-corrected chi connectivity index (χ3v) is 6.15. The van der Waals surface area contributed by atoms with E-state index in [-0.39, 0.29) is 17.1 Å². The summed E-state index contributed by atoms with van der Waals surface area (Å²) < 4.78 is 22.4. The predicted octanol–water partition coefficient (Wildman–Crippen LogP) is 3.06. The largest absolute Gasteiger partial charge is 0.339 e. The van der Waals surface area contributed by atoms with Gasteiger partial charge >= 0.3 is 0 Å². The minimum Gasteiger partial charge on any atom is -0.339 e. The lowest BCUT2D eigenvalue weighted by Gasteiger charge is -2.29. The Labute approximate surface area is 161 Å². The van der Waals surface area contributed by atoms with Crippen molar-refractivity contribution in [1.82, 2.24) is 4.90 Å². The first-order valence-electron chi connectivity index (χ1n) is 9.21. The number of carbonyl (C=O) groups excluding carboxylic acids is 1. The number of carbonyl (C=O) groups is 1. The lowest BCUT2D eigenvalue weighted by Crippen LogP contribution is -2.33. The van der Waals surface area contributed by atoms with E-state index < -0.39 is 10.0 Å². The van der Waals surface area contributed by atoms with E-state index in [1.807, 2.05) is 11.0 Å². The summed E-state index contributed by atoms with van der Waals surface area (Å²) in [5, 5.41) is 5.07. The van der Waals surface area contributed by atoms with Crippen molar-refractivity contribution in [2.75, 3.05) is 13.1 Å². The maximum absolute atomic E-state index is 12.9. The minimum atomic E-state index is -3.57. The number of nitrogens with two attached hydrogens (primary N) is 1. The summed E-state index contributed by atoms with van der Waals surface area (Å²) in [5.74, 6) is -0.227. The van der Waals surface area contributed by atoms with E-state index in [4.69, 9.17) is 5.14 Å². The van der Waals surface area contributed by atoms with Crippen LogP contribution in [0.4, 0.5) is 0 Å². The normalized spacial score (nSPS) is 20.9. The molecule has 1 fully saturated rings. The topological polar surface area (TPSA) is 80.5 Å². The molecule has 5 nitrogen and oxygen atoms in total. The number of nitrogens with zero attached hydrogens (tertiary/aromatic N) is 1. The number of sulfonamides is 1. The van der Waals surface area contributed by atoms with Crippen molar-refractivity contribution >= 4 is 15.9 Å². The SMILES string of the molecule is CC1(c2ccccc2)CCCN(C(=O)c2ccc(CS(N)(=O)=O)cc2)CC1. The summed E-state index contributed by atoms with van der Waals surface area (Å²) in [4.78, 5) is 14.8. The highest BCUT2D eigenvalue weighted by molar-refractivity contribution is 7.88. The van der Waals surface area contributed by atoms with E-state index in [9.17, 15) is 13.2 Å². The second-order valence-electron chi connectivity index (χ2n) is 7.58.